The van der Waals surface area contributed by atoms with E-state index in [1.165, 1.54) is 0 Å². The van der Waals surface area contributed by atoms with E-state index in [-0.39, 0.29) is 0 Å². The van der Waals surface area contributed by atoms with Crippen molar-refractivity contribution >= 4 is 0 Å². The van der Waals surface area contributed by atoms with Gasteiger partial charge in [0, 0.05) is 19.6 Å². The first-order valence-electron chi connectivity index (χ1n) is 4.12. The summed E-state index contributed by atoms with van der Waals surface area (Å²) in [4.78, 5) is 0. The molecule has 68 valence electrons. The Hall–Kier alpha value is -0.160. The van der Waals surface area contributed by atoms with Gasteiger partial charge < -0.3 is 21.7 Å². The summed E-state index contributed by atoms with van der Waals surface area (Å²) in [6.07, 6.45) is 0. The number of hydrogen-bond acceptors (Lipinski definition) is 3. The molecular weight excluding hydrogens is 140 g/mol. The first-order valence-corrected chi connectivity index (χ1v) is 4.12. The molecule has 0 bridgehead atoms. The van der Waals surface area contributed by atoms with Crippen LogP contribution in [0.25, 0.3) is 0 Å². The van der Waals surface area contributed by atoms with Gasteiger partial charge in [-0.3, -0.25) is 0 Å². The van der Waals surface area contributed by atoms with E-state index in [2.05, 4.69) is 7.05 Å². The number of nitrogens with two attached hydrogens (primary N) is 3. The third kappa shape index (κ3) is 4.31. The Morgan fingerprint density at radius 3 is 1.27 bits per heavy atom. The van der Waals surface area contributed by atoms with E-state index in [4.69, 9.17) is 17.2 Å². The molecule has 11 heavy (non-hydrogen) atoms. The summed E-state index contributed by atoms with van der Waals surface area (Å²) in [5.41, 5.74) is 16.4. The number of nitrogens with zero attached hydrogens (tertiary/aromatic N) is 1. The monoisotopic (exact) mass is 161 g/mol. The van der Waals surface area contributed by atoms with Crippen LogP contribution in [0.4, 0.5) is 0 Å². The van der Waals surface area contributed by atoms with Gasteiger partial charge in [0.1, 0.15) is 0 Å². The minimum absolute atomic E-state index is 0.705. The van der Waals surface area contributed by atoms with Crippen LogP contribution in [-0.4, -0.2) is 50.8 Å². The topological polar surface area (TPSA) is 78.1 Å². The lowest BCUT2D eigenvalue weighted by atomic mass is 10.3. The van der Waals surface area contributed by atoms with Gasteiger partial charge in [0.05, 0.1) is 26.7 Å². The van der Waals surface area contributed by atoms with E-state index in [1.54, 1.807) is 0 Å². The van der Waals surface area contributed by atoms with Crippen molar-refractivity contribution in [2.75, 3.05) is 46.3 Å². The zero-order valence-corrected chi connectivity index (χ0v) is 7.42. The molecule has 6 N–H and O–H groups in total. The predicted molar refractivity (Wildman–Crippen MR) is 47.9 cm³/mol. The first kappa shape index (κ1) is 10.8. The average Bonchev–Trinajstić information content (AvgIpc) is 1.88. The van der Waals surface area contributed by atoms with Gasteiger partial charge in [-0.1, -0.05) is 0 Å². The Morgan fingerprint density at radius 1 is 0.818 bits per heavy atom. The third-order valence-corrected chi connectivity index (χ3v) is 2.01. The average molecular weight is 161 g/mol. The molecule has 0 aromatic carbocycles. The van der Waals surface area contributed by atoms with Crippen LogP contribution in [0, 0.1) is 0 Å². The third-order valence-electron chi connectivity index (χ3n) is 2.01. The van der Waals surface area contributed by atoms with Crippen LogP contribution in [0.2, 0.25) is 0 Å². The second-order valence-electron chi connectivity index (χ2n) is 3.16. The van der Waals surface area contributed by atoms with Gasteiger partial charge in [0.2, 0.25) is 0 Å². The molecule has 0 saturated carbocycles. The maximum atomic E-state index is 5.48. The molecule has 4 heteroatoms. The molecule has 0 radical (unpaired) electrons. The van der Waals surface area contributed by atoms with Crippen molar-refractivity contribution < 1.29 is 4.48 Å². The fourth-order valence-corrected chi connectivity index (χ4v) is 1.27. The summed E-state index contributed by atoms with van der Waals surface area (Å²) in [5, 5.41) is 0. The van der Waals surface area contributed by atoms with E-state index in [0.29, 0.717) is 19.6 Å². The molecule has 0 aromatic heterocycles. The molecular formula is C7H21N4+. The Morgan fingerprint density at radius 2 is 1.09 bits per heavy atom. The highest BCUT2D eigenvalue weighted by molar-refractivity contribution is 4.43. The van der Waals surface area contributed by atoms with E-state index in [9.17, 15) is 0 Å². The van der Waals surface area contributed by atoms with E-state index in [0.717, 1.165) is 24.1 Å². The van der Waals surface area contributed by atoms with Crippen LogP contribution in [0.5, 0.6) is 0 Å². The number of quaternary nitrogens is 1. The maximum absolute atomic E-state index is 5.48. The number of rotatable bonds is 6. The standard InChI is InChI=1S/C7H21N4/c1-11(5-2-8,6-3-9)7-4-10/h2-10H2,1H3/q+1. The van der Waals surface area contributed by atoms with Gasteiger partial charge in [-0.15, -0.1) is 0 Å². The van der Waals surface area contributed by atoms with Crippen molar-refractivity contribution in [3.63, 3.8) is 0 Å². The summed E-state index contributed by atoms with van der Waals surface area (Å²) >= 11 is 0. The fraction of sp³-hybridized carbons (Fsp3) is 1.00. The molecule has 0 heterocycles. The molecule has 0 unspecified atom stereocenters. The lowest BCUT2D eigenvalue weighted by molar-refractivity contribution is -0.905. The van der Waals surface area contributed by atoms with Crippen LogP contribution in [0.1, 0.15) is 0 Å². The molecule has 0 atom stereocenters. The maximum Gasteiger partial charge on any atom is 0.0909 e. The smallest absolute Gasteiger partial charge is 0.0909 e. The van der Waals surface area contributed by atoms with Crippen LogP contribution >= 0.6 is 0 Å². The van der Waals surface area contributed by atoms with Crippen molar-refractivity contribution in [1.82, 2.24) is 0 Å². The van der Waals surface area contributed by atoms with Crippen LogP contribution in [-0.2, 0) is 0 Å². The van der Waals surface area contributed by atoms with Crippen molar-refractivity contribution in [3.8, 4) is 0 Å². The highest BCUT2D eigenvalue weighted by Crippen LogP contribution is 1.97. The Labute approximate surface area is 68.9 Å². The van der Waals surface area contributed by atoms with Gasteiger partial charge in [0.15, 0.2) is 0 Å². The largest absolute Gasteiger partial charge is 0.326 e. The normalized spacial score (nSPS) is 12.0. The lowest BCUT2D eigenvalue weighted by Gasteiger charge is -2.33. The summed E-state index contributed by atoms with van der Waals surface area (Å²) in [5.74, 6) is 0. The molecule has 0 aliphatic rings. The second-order valence-corrected chi connectivity index (χ2v) is 3.16. The van der Waals surface area contributed by atoms with Crippen molar-refractivity contribution in [1.29, 1.82) is 0 Å². The van der Waals surface area contributed by atoms with Crippen molar-refractivity contribution in [2.45, 2.75) is 0 Å². The molecule has 0 spiro atoms. The minimum Gasteiger partial charge on any atom is -0.326 e. The van der Waals surface area contributed by atoms with Gasteiger partial charge in [-0.25, -0.2) is 0 Å². The molecule has 0 aliphatic heterocycles. The van der Waals surface area contributed by atoms with Crippen LogP contribution in [0.15, 0.2) is 0 Å². The number of hydrogen-bond donors (Lipinski definition) is 3. The quantitative estimate of drug-likeness (QED) is 0.407. The molecule has 0 aliphatic carbocycles. The van der Waals surface area contributed by atoms with Gasteiger partial charge in [0.25, 0.3) is 0 Å². The zero-order valence-electron chi connectivity index (χ0n) is 7.42. The lowest BCUT2D eigenvalue weighted by Crippen LogP contribution is -2.52. The SMILES string of the molecule is C[N+](CCN)(CCN)CCN. The Balaban J connectivity index is 3.79. The summed E-state index contributed by atoms with van der Waals surface area (Å²) < 4.78 is 0.906. The Kier molecular flexibility index (Phi) is 5.41. The van der Waals surface area contributed by atoms with Crippen molar-refractivity contribution in [3.05, 3.63) is 0 Å². The van der Waals surface area contributed by atoms with Gasteiger partial charge in [-0.2, -0.15) is 0 Å². The second kappa shape index (κ2) is 5.49. The fourth-order valence-electron chi connectivity index (χ4n) is 1.27. The zero-order chi connectivity index (χ0) is 8.74. The predicted octanol–water partition coefficient (Wildman–Crippen LogP) is -1.69. The van der Waals surface area contributed by atoms with Crippen LogP contribution in [0.3, 0.4) is 0 Å². The van der Waals surface area contributed by atoms with Gasteiger partial charge >= 0.3 is 0 Å². The van der Waals surface area contributed by atoms with E-state index >= 15 is 0 Å². The Bertz CT molecular complexity index is 77.4. The summed E-state index contributed by atoms with van der Waals surface area (Å²) in [6, 6.07) is 0. The van der Waals surface area contributed by atoms with Gasteiger partial charge in [-0.05, 0) is 0 Å². The summed E-state index contributed by atoms with van der Waals surface area (Å²) in [7, 11) is 2.15. The first-order chi connectivity index (χ1) is 5.18. The van der Waals surface area contributed by atoms with Crippen LogP contribution < -0.4 is 17.2 Å². The molecule has 0 aromatic rings. The molecule has 0 amide bonds. The van der Waals surface area contributed by atoms with E-state index in [1.807, 2.05) is 0 Å². The van der Waals surface area contributed by atoms with E-state index < -0.39 is 0 Å². The molecule has 0 saturated heterocycles. The summed E-state index contributed by atoms with van der Waals surface area (Å²) in [6.45, 7) is 5.01. The molecule has 0 fully saturated rings. The van der Waals surface area contributed by atoms with Crippen molar-refractivity contribution in [2.24, 2.45) is 17.2 Å². The molecule has 4 nitrogen and oxygen atoms in total. The highest BCUT2D eigenvalue weighted by atomic mass is 15.3. The minimum atomic E-state index is 0.705. The number of likely N-dealkylation sites (N-methyl/N-ethyl adjacent to an activating group) is 1. The molecule has 0 rings (SSSR count). The highest BCUT2D eigenvalue weighted by Gasteiger charge is 2.17.